The molecule has 1 aliphatic rings. The molecule has 0 saturated heterocycles. The number of hydrazone groups is 1. The van der Waals surface area contributed by atoms with E-state index in [-0.39, 0.29) is 5.91 Å². The number of carbonyl (C=O) groups is 1. The quantitative estimate of drug-likeness (QED) is 0.769. The van der Waals surface area contributed by atoms with E-state index >= 15 is 0 Å². The van der Waals surface area contributed by atoms with Crippen LogP contribution in [0.3, 0.4) is 0 Å². The Hall–Kier alpha value is -1.16. The Morgan fingerprint density at radius 1 is 1.27 bits per heavy atom. The summed E-state index contributed by atoms with van der Waals surface area (Å²) < 4.78 is 1.05. The summed E-state index contributed by atoms with van der Waals surface area (Å²) >= 11 is 3.39. The minimum atomic E-state index is 0.0795. The van der Waals surface area contributed by atoms with Crippen LogP contribution >= 0.6 is 15.9 Å². The van der Waals surface area contributed by atoms with E-state index < -0.39 is 0 Å². The molecule has 78 valence electrons. The summed E-state index contributed by atoms with van der Waals surface area (Å²) in [5, 5.41) is 5.67. The zero-order chi connectivity index (χ0) is 10.8. The van der Waals surface area contributed by atoms with Crippen LogP contribution in [0.25, 0.3) is 0 Å². The zero-order valence-corrected chi connectivity index (χ0v) is 9.99. The van der Waals surface area contributed by atoms with Gasteiger partial charge >= 0.3 is 0 Å². The van der Waals surface area contributed by atoms with E-state index in [1.54, 1.807) is 7.05 Å². The second-order valence-electron chi connectivity index (χ2n) is 3.47. The third-order valence-electron chi connectivity index (χ3n) is 2.38. The molecule has 0 aromatic heterocycles. The number of halogens is 1. The van der Waals surface area contributed by atoms with Gasteiger partial charge in [0.15, 0.2) is 0 Å². The molecule has 1 heterocycles. The van der Waals surface area contributed by atoms with Crippen LogP contribution in [0.2, 0.25) is 0 Å². The first-order chi connectivity index (χ1) is 7.16. The van der Waals surface area contributed by atoms with Gasteiger partial charge in [0.1, 0.15) is 0 Å². The van der Waals surface area contributed by atoms with E-state index in [4.69, 9.17) is 0 Å². The predicted molar refractivity (Wildman–Crippen MR) is 62.7 cm³/mol. The molecule has 0 N–H and O–H groups in total. The maximum absolute atomic E-state index is 11.2. The van der Waals surface area contributed by atoms with Crippen molar-refractivity contribution in [2.75, 3.05) is 7.05 Å². The predicted octanol–water partition coefficient (Wildman–Crippen LogP) is 2.41. The molecule has 4 heteroatoms. The van der Waals surface area contributed by atoms with Gasteiger partial charge in [-0.05, 0) is 17.7 Å². The van der Waals surface area contributed by atoms with Crippen LogP contribution in [0, 0.1) is 0 Å². The van der Waals surface area contributed by atoms with E-state index in [1.807, 2.05) is 24.3 Å². The second kappa shape index (κ2) is 4.14. The number of benzene rings is 1. The Labute approximate surface area is 96.9 Å². The van der Waals surface area contributed by atoms with Crippen LogP contribution in [0.15, 0.2) is 33.8 Å². The van der Waals surface area contributed by atoms with Gasteiger partial charge in [0.2, 0.25) is 5.91 Å². The van der Waals surface area contributed by atoms with Gasteiger partial charge in [0.05, 0.1) is 5.71 Å². The largest absolute Gasteiger partial charge is 0.273 e. The van der Waals surface area contributed by atoms with Crippen molar-refractivity contribution in [3.05, 3.63) is 34.3 Å². The summed E-state index contributed by atoms with van der Waals surface area (Å²) in [6, 6.07) is 7.97. The maximum atomic E-state index is 11.2. The Morgan fingerprint density at radius 2 is 1.93 bits per heavy atom. The lowest BCUT2D eigenvalue weighted by Gasteiger charge is -2.19. The highest BCUT2D eigenvalue weighted by Gasteiger charge is 2.17. The standard InChI is InChI=1S/C11H11BrN2O/c1-14-11(15)7-6-10(13-14)8-2-4-9(12)5-3-8/h2-5H,6-7H2,1H3. The van der Waals surface area contributed by atoms with Gasteiger partial charge in [-0.1, -0.05) is 28.1 Å². The molecule has 1 aromatic rings. The number of amides is 1. The summed E-state index contributed by atoms with van der Waals surface area (Å²) in [5.41, 5.74) is 2.06. The Balaban J connectivity index is 2.28. The number of hydrogen-bond acceptors (Lipinski definition) is 2. The second-order valence-corrected chi connectivity index (χ2v) is 4.39. The molecule has 1 amide bonds. The van der Waals surface area contributed by atoms with Crippen LogP contribution in [0.1, 0.15) is 18.4 Å². The van der Waals surface area contributed by atoms with Gasteiger partial charge in [-0.25, -0.2) is 5.01 Å². The molecule has 1 aromatic carbocycles. The van der Waals surface area contributed by atoms with Crippen LogP contribution in [0.4, 0.5) is 0 Å². The van der Waals surface area contributed by atoms with E-state index in [0.717, 1.165) is 22.2 Å². The Morgan fingerprint density at radius 3 is 2.53 bits per heavy atom. The number of rotatable bonds is 1. The highest BCUT2D eigenvalue weighted by atomic mass is 79.9. The summed E-state index contributed by atoms with van der Waals surface area (Å²) in [6.45, 7) is 0. The van der Waals surface area contributed by atoms with E-state index in [2.05, 4.69) is 21.0 Å². The fourth-order valence-electron chi connectivity index (χ4n) is 1.52. The van der Waals surface area contributed by atoms with Gasteiger partial charge in [-0.15, -0.1) is 0 Å². The summed E-state index contributed by atoms with van der Waals surface area (Å²) in [4.78, 5) is 11.2. The average molecular weight is 267 g/mol. The van der Waals surface area contributed by atoms with Crippen molar-refractivity contribution in [1.29, 1.82) is 0 Å². The molecule has 3 nitrogen and oxygen atoms in total. The summed E-state index contributed by atoms with van der Waals surface area (Å²) in [7, 11) is 1.69. The van der Waals surface area contributed by atoms with Gasteiger partial charge < -0.3 is 0 Å². The molecule has 0 aliphatic carbocycles. The monoisotopic (exact) mass is 266 g/mol. The zero-order valence-electron chi connectivity index (χ0n) is 8.40. The molecule has 1 aliphatic heterocycles. The number of nitrogens with zero attached hydrogens (tertiary/aromatic N) is 2. The average Bonchev–Trinajstić information content (AvgIpc) is 2.23. The molecule has 0 atom stereocenters. The fraction of sp³-hybridized carbons (Fsp3) is 0.273. The SMILES string of the molecule is CN1N=C(c2ccc(Br)cc2)CCC1=O. The van der Waals surface area contributed by atoms with Crippen molar-refractivity contribution in [2.24, 2.45) is 5.10 Å². The van der Waals surface area contributed by atoms with E-state index in [1.165, 1.54) is 5.01 Å². The van der Waals surface area contributed by atoms with Crippen LogP contribution in [-0.4, -0.2) is 23.7 Å². The molecule has 2 rings (SSSR count). The molecule has 0 saturated carbocycles. The van der Waals surface area contributed by atoms with E-state index in [0.29, 0.717) is 6.42 Å². The van der Waals surface area contributed by atoms with Crippen LogP contribution in [-0.2, 0) is 4.79 Å². The smallest absolute Gasteiger partial charge is 0.242 e. The maximum Gasteiger partial charge on any atom is 0.242 e. The third kappa shape index (κ3) is 2.26. The van der Waals surface area contributed by atoms with Gasteiger partial charge in [0, 0.05) is 24.4 Å². The van der Waals surface area contributed by atoms with Crippen LogP contribution < -0.4 is 0 Å². The lowest BCUT2D eigenvalue weighted by molar-refractivity contribution is -0.130. The topological polar surface area (TPSA) is 32.7 Å². The normalized spacial score (nSPS) is 16.5. The first kappa shape index (κ1) is 10.4. The molecular formula is C11H11BrN2O. The van der Waals surface area contributed by atoms with Crippen molar-refractivity contribution in [2.45, 2.75) is 12.8 Å². The fourth-order valence-corrected chi connectivity index (χ4v) is 1.78. The van der Waals surface area contributed by atoms with Gasteiger partial charge in [-0.3, -0.25) is 4.79 Å². The van der Waals surface area contributed by atoms with Crippen molar-refractivity contribution in [1.82, 2.24) is 5.01 Å². The molecular weight excluding hydrogens is 256 g/mol. The number of hydrogen-bond donors (Lipinski definition) is 0. The van der Waals surface area contributed by atoms with Crippen LogP contribution in [0.5, 0.6) is 0 Å². The molecule has 0 bridgehead atoms. The molecule has 0 unspecified atom stereocenters. The lowest BCUT2D eigenvalue weighted by Crippen LogP contribution is -2.28. The summed E-state index contributed by atoms with van der Waals surface area (Å²) in [5.74, 6) is 0.0795. The van der Waals surface area contributed by atoms with Crippen molar-refractivity contribution in [3.8, 4) is 0 Å². The lowest BCUT2D eigenvalue weighted by atomic mass is 10.0. The molecule has 0 fully saturated rings. The highest BCUT2D eigenvalue weighted by Crippen LogP contribution is 2.16. The van der Waals surface area contributed by atoms with Gasteiger partial charge in [0.25, 0.3) is 0 Å². The molecule has 15 heavy (non-hydrogen) atoms. The minimum absolute atomic E-state index is 0.0795. The Bertz CT molecular complexity index is 411. The van der Waals surface area contributed by atoms with E-state index in [9.17, 15) is 4.79 Å². The highest BCUT2D eigenvalue weighted by molar-refractivity contribution is 9.10. The van der Waals surface area contributed by atoms with Gasteiger partial charge in [-0.2, -0.15) is 5.10 Å². The van der Waals surface area contributed by atoms with Crippen molar-refractivity contribution in [3.63, 3.8) is 0 Å². The first-order valence-electron chi connectivity index (χ1n) is 4.77. The van der Waals surface area contributed by atoms with Crippen molar-refractivity contribution >= 4 is 27.5 Å². The molecule has 0 spiro atoms. The summed E-state index contributed by atoms with van der Waals surface area (Å²) in [6.07, 6.45) is 1.27. The number of carbonyl (C=O) groups excluding carboxylic acids is 1. The molecule has 0 radical (unpaired) electrons. The third-order valence-corrected chi connectivity index (χ3v) is 2.91. The Kier molecular flexibility index (Phi) is 2.86. The minimum Gasteiger partial charge on any atom is -0.273 e. The first-order valence-corrected chi connectivity index (χ1v) is 5.56. The van der Waals surface area contributed by atoms with Crippen molar-refractivity contribution < 1.29 is 4.79 Å².